The molecule has 0 radical (unpaired) electrons. The zero-order chi connectivity index (χ0) is 8.27. The molecule has 0 aromatic rings. The van der Waals surface area contributed by atoms with Gasteiger partial charge < -0.3 is 0 Å². The van der Waals surface area contributed by atoms with Gasteiger partial charge in [-0.15, -0.1) is 0 Å². The van der Waals surface area contributed by atoms with Gasteiger partial charge >= 0.3 is 5.78 Å². The summed E-state index contributed by atoms with van der Waals surface area (Å²) >= 11 is 0. The highest BCUT2D eigenvalue weighted by Crippen LogP contribution is 2.10. The minimum atomic E-state index is 0.912. The van der Waals surface area contributed by atoms with Crippen LogP contribution >= 0.6 is 0 Å². The van der Waals surface area contributed by atoms with Gasteiger partial charge in [-0.1, -0.05) is 5.57 Å². The van der Waals surface area contributed by atoms with Gasteiger partial charge in [-0.05, 0) is 31.6 Å². The van der Waals surface area contributed by atoms with Crippen molar-refractivity contribution in [1.82, 2.24) is 0 Å². The van der Waals surface area contributed by atoms with Gasteiger partial charge in [0.15, 0.2) is 0 Å². The Labute approximate surface area is 67.4 Å². The summed E-state index contributed by atoms with van der Waals surface area (Å²) in [7, 11) is 1.68. The fraction of sp³-hybridized carbons (Fsp3) is 0.300. The van der Waals surface area contributed by atoms with Gasteiger partial charge in [-0.25, -0.2) is 0 Å². The highest BCUT2D eigenvalue weighted by molar-refractivity contribution is 6.01. The van der Waals surface area contributed by atoms with Gasteiger partial charge in [0.05, 0.1) is 0 Å². The number of ketones is 1. The lowest BCUT2D eigenvalue weighted by Gasteiger charge is -1.98. The molecular weight excluding hydrogens is 136 g/mol. The van der Waals surface area contributed by atoms with Crippen LogP contribution in [0, 0.1) is 0 Å². The molecule has 0 N–H and O–H groups in total. The molecule has 11 heavy (non-hydrogen) atoms. The van der Waals surface area contributed by atoms with Crippen molar-refractivity contribution in [2.75, 3.05) is 7.11 Å². The van der Waals surface area contributed by atoms with Crippen LogP contribution in [0.15, 0.2) is 35.5 Å². The molecule has 0 saturated heterocycles. The van der Waals surface area contributed by atoms with Crippen molar-refractivity contribution in [3.05, 3.63) is 35.5 Å². The third-order valence-corrected chi connectivity index (χ3v) is 1.67. The van der Waals surface area contributed by atoms with E-state index >= 15 is 0 Å². The first kappa shape index (κ1) is 7.99. The average Bonchev–Trinajstić information content (AvgIpc) is 2.05. The molecule has 1 aliphatic rings. The molecule has 0 aromatic carbocycles. The third kappa shape index (κ3) is 1.90. The molecule has 1 aliphatic carbocycles. The highest BCUT2D eigenvalue weighted by Gasteiger charge is 2.05. The van der Waals surface area contributed by atoms with E-state index in [1.165, 1.54) is 11.1 Å². The zero-order valence-corrected chi connectivity index (χ0v) is 7.22. The van der Waals surface area contributed by atoms with Crippen molar-refractivity contribution in [2.45, 2.75) is 13.8 Å². The Morgan fingerprint density at radius 2 is 1.64 bits per heavy atom. The van der Waals surface area contributed by atoms with Crippen LogP contribution in [0.3, 0.4) is 0 Å². The van der Waals surface area contributed by atoms with E-state index in [1.807, 2.05) is 12.2 Å². The van der Waals surface area contributed by atoms with E-state index in [0.29, 0.717) is 0 Å². The second-order valence-electron chi connectivity index (χ2n) is 2.73. The molecule has 0 bridgehead atoms. The maximum Gasteiger partial charge on any atom is 0.343 e. The molecule has 0 fully saturated rings. The molecule has 0 aliphatic heterocycles. The van der Waals surface area contributed by atoms with Crippen molar-refractivity contribution < 1.29 is 4.42 Å². The predicted molar refractivity (Wildman–Crippen MR) is 47.6 cm³/mol. The number of hydrogen-bond acceptors (Lipinski definition) is 0. The molecule has 0 saturated carbocycles. The largest absolute Gasteiger partial charge is 0.343 e. The van der Waals surface area contributed by atoms with Crippen LogP contribution in [0.5, 0.6) is 0 Å². The highest BCUT2D eigenvalue weighted by atomic mass is 16.4. The van der Waals surface area contributed by atoms with E-state index < -0.39 is 0 Å². The summed E-state index contributed by atoms with van der Waals surface area (Å²) in [6.07, 6.45) is 8.08. The summed E-state index contributed by atoms with van der Waals surface area (Å²) in [5.41, 5.74) is 2.60. The second kappa shape index (κ2) is 3.33. The van der Waals surface area contributed by atoms with Crippen molar-refractivity contribution >= 4 is 5.78 Å². The molecule has 1 rings (SSSR count). The quantitative estimate of drug-likeness (QED) is 0.468. The zero-order valence-electron chi connectivity index (χ0n) is 7.22. The van der Waals surface area contributed by atoms with Crippen molar-refractivity contribution in [3.8, 4) is 0 Å². The smallest absolute Gasteiger partial charge is 0.258 e. The van der Waals surface area contributed by atoms with Gasteiger partial charge in [0.1, 0.15) is 0 Å². The summed E-state index contributed by atoms with van der Waals surface area (Å²) in [5.74, 6) is 0.912. The summed E-state index contributed by atoms with van der Waals surface area (Å²) in [6.45, 7) is 4.20. The van der Waals surface area contributed by atoms with Gasteiger partial charge in [0.25, 0.3) is 7.11 Å². The van der Waals surface area contributed by atoms with E-state index in [2.05, 4.69) is 26.0 Å². The molecule has 0 aromatic heterocycles. The second-order valence-corrected chi connectivity index (χ2v) is 2.73. The first-order valence-corrected chi connectivity index (χ1v) is 3.68. The minimum absolute atomic E-state index is 0.912. The van der Waals surface area contributed by atoms with Crippen LogP contribution in [0.4, 0.5) is 0 Å². The van der Waals surface area contributed by atoms with Gasteiger partial charge in [0.2, 0.25) is 0 Å². The molecule has 0 unspecified atom stereocenters. The van der Waals surface area contributed by atoms with Crippen molar-refractivity contribution in [2.24, 2.45) is 0 Å². The van der Waals surface area contributed by atoms with Crippen LogP contribution in [0.1, 0.15) is 13.8 Å². The minimum Gasteiger partial charge on any atom is -0.258 e. The molecule has 0 heterocycles. The van der Waals surface area contributed by atoms with E-state index in [-0.39, 0.29) is 0 Å². The molecule has 0 spiro atoms. The van der Waals surface area contributed by atoms with Crippen LogP contribution in [0.25, 0.3) is 0 Å². The van der Waals surface area contributed by atoms with Gasteiger partial charge in [0, 0.05) is 12.2 Å². The SMILES string of the molecule is C[O+]=C1C=CC(=C(C)C)C=C1. The Morgan fingerprint density at radius 1 is 1.09 bits per heavy atom. The van der Waals surface area contributed by atoms with Crippen LogP contribution in [0.2, 0.25) is 0 Å². The Morgan fingerprint density at radius 3 is 2.00 bits per heavy atom. The molecule has 0 amide bonds. The maximum atomic E-state index is 5.04. The molecule has 1 heteroatoms. The monoisotopic (exact) mass is 149 g/mol. The van der Waals surface area contributed by atoms with Crippen LogP contribution in [-0.2, 0) is 4.42 Å². The Kier molecular flexibility index (Phi) is 2.42. The maximum absolute atomic E-state index is 5.04. The molecule has 58 valence electrons. The number of rotatable bonds is 0. The van der Waals surface area contributed by atoms with Gasteiger partial charge in [-0.2, -0.15) is 0 Å². The Balaban J connectivity index is 2.89. The van der Waals surface area contributed by atoms with Crippen LogP contribution < -0.4 is 0 Å². The number of hydrogen-bond donors (Lipinski definition) is 0. The molecule has 1 nitrogen and oxygen atoms in total. The van der Waals surface area contributed by atoms with E-state index in [9.17, 15) is 0 Å². The lowest BCUT2D eigenvalue weighted by atomic mass is 10.1. The van der Waals surface area contributed by atoms with E-state index in [4.69, 9.17) is 4.42 Å². The van der Waals surface area contributed by atoms with Gasteiger partial charge in [-0.3, -0.25) is 4.42 Å². The van der Waals surface area contributed by atoms with E-state index in [1.54, 1.807) is 7.11 Å². The number of allylic oxidation sites excluding steroid dienone is 6. The lowest BCUT2D eigenvalue weighted by molar-refractivity contribution is -0.417. The predicted octanol–water partition coefficient (Wildman–Crippen LogP) is 2.18. The Bertz CT molecular complexity index is 243. The summed E-state index contributed by atoms with van der Waals surface area (Å²) in [5, 5.41) is 0. The normalized spacial score (nSPS) is 15.5. The lowest BCUT2D eigenvalue weighted by Crippen LogP contribution is -1.96. The summed E-state index contributed by atoms with van der Waals surface area (Å²) in [4.78, 5) is 0. The number of carbonyl (C=O) groups excluding carboxylic acids is 1. The van der Waals surface area contributed by atoms with Crippen LogP contribution in [-0.4, -0.2) is 12.9 Å². The summed E-state index contributed by atoms with van der Waals surface area (Å²) in [6, 6.07) is 0. The molecule has 0 atom stereocenters. The first-order chi connectivity index (χ1) is 5.24. The Hall–Kier alpha value is -1.11. The van der Waals surface area contributed by atoms with E-state index in [0.717, 1.165) is 5.78 Å². The van der Waals surface area contributed by atoms with Crippen molar-refractivity contribution in [1.29, 1.82) is 0 Å². The third-order valence-electron chi connectivity index (χ3n) is 1.67. The fourth-order valence-electron chi connectivity index (χ4n) is 0.924. The summed E-state index contributed by atoms with van der Waals surface area (Å²) < 4.78 is 5.04. The first-order valence-electron chi connectivity index (χ1n) is 3.68. The fourth-order valence-corrected chi connectivity index (χ4v) is 0.924. The average molecular weight is 149 g/mol. The molecular formula is C10H13O+. The topological polar surface area (TPSA) is 11.3 Å². The van der Waals surface area contributed by atoms with Crippen molar-refractivity contribution in [3.63, 3.8) is 0 Å². The standard InChI is InChI=1S/C10H13O/c1-8(2)9-4-6-10(11-3)7-5-9/h4-7H,1-3H3/q+1.